The van der Waals surface area contributed by atoms with Crippen molar-refractivity contribution in [2.75, 3.05) is 0 Å². The summed E-state index contributed by atoms with van der Waals surface area (Å²) in [4.78, 5) is 3.13. The largest absolute Gasteiger partial charge is 0.438 e. The Labute approximate surface area is 75.7 Å². The highest BCUT2D eigenvalue weighted by Crippen LogP contribution is 2.22. The molecule has 0 atom stereocenters. The van der Waals surface area contributed by atoms with Gasteiger partial charge in [-0.05, 0) is 12.1 Å². The van der Waals surface area contributed by atoms with Gasteiger partial charge in [0.2, 0.25) is 5.71 Å². The molecule has 0 aliphatic rings. The van der Waals surface area contributed by atoms with Crippen LogP contribution in [-0.4, -0.2) is 22.1 Å². The summed E-state index contributed by atoms with van der Waals surface area (Å²) in [6.07, 6.45) is -3.97. The molecule has 0 saturated heterocycles. The maximum absolute atomic E-state index is 12.8. The van der Waals surface area contributed by atoms with Crippen LogP contribution in [0.25, 0.3) is 0 Å². The molecule has 0 aliphatic heterocycles. The van der Waals surface area contributed by atoms with Gasteiger partial charge in [0.15, 0.2) is 5.82 Å². The van der Waals surface area contributed by atoms with E-state index in [9.17, 15) is 17.6 Å². The van der Waals surface area contributed by atoms with Crippen LogP contribution in [0.1, 0.15) is 5.69 Å². The van der Waals surface area contributed by atoms with E-state index in [4.69, 9.17) is 5.21 Å². The normalized spacial score (nSPS) is 13.0. The molecule has 0 unspecified atom stereocenters. The highest BCUT2D eigenvalue weighted by molar-refractivity contribution is 6.02. The lowest BCUT2D eigenvalue weighted by Crippen LogP contribution is -2.26. The number of halogens is 4. The minimum atomic E-state index is -4.94. The van der Waals surface area contributed by atoms with E-state index < -0.39 is 23.4 Å². The van der Waals surface area contributed by atoms with Crippen molar-refractivity contribution in [2.24, 2.45) is 5.16 Å². The zero-order valence-electron chi connectivity index (χ0n) is 6.59. The summed E-state index contributed by atoms with van der Waals surface area (Å²) in [7, 11) is 0. The van der Waals surface area contributed by atoms with Crippen LogP contribution < -0.4 is 0 Å². The maximum Gasteiger partial charge on any atom is 0.438 e. The molecule has 0 radical (unpaired) electrons. The van der Waals surface area contributed by atoms with Gasteiger partial charge in [0, 0.05) is 6.20 Å². The second kappa shape index (κ2) is 3.60. The molecule has 1 aromatic rings. The topological polar surface area (TPSA) is 45.5 Å². The van der Waals surface area contributed by atoms with Gasteiger partial charge in [0.25, 0.3) is 0 Å². The first kappa shape index (κ1) is 10.4. The van der Waals surface area contributed by atoms with Crippen molar-refractivity contribution in [1.29, 1.82) is 0 Å². The van der Waals surface area contributed by atoms with Crippen LogP contribution >= 0.6 is 0 Å². The lowest BCUT2D eigenvalue weighted by Gasteiger charge is -2.07. The molecule has 0 aliphatic carbocycles. The number of rotatable bonds is 1. The van der Waals surface area contributed by atoms with Crippen molar-refractivity contribution in [3.05, 3.63) is 29.8 Å². The van der Waals surface area contributed by atoms with Crippen LogP contribution in [0.3, 0.4) is 0 Å². The van der Waals surface area contributed by atoms with Crippen molar-refractivity contribution >= 4 is 5.71 Å². The molecule has 3 nitrogen and oxygen atoms in total. The first-order chi connectivity index (χ1) is 6.46. The molecule has 0 amide bonds. The monoisotopic (exact) mass is 208 g/mol. The lowest BCUT2D eigenvalue weighted by molar-refractivity contribution is -0.0604. The van der Waals surface area contributed by atoms with Crippen LogP contribution in [0.15, 0.2) is 23.5 Å². The molecule has 7 heteroatoms. The van der Waals surface area contributed by atoms with Gasteiger partial charge in [-0.25, -0.2) is 4.39 Å². The second-order valence-corrected chi connectivity index (χ2v) is 2.28. The lowest BCUT2D eigenvalue weighted by atomic mass is 10.2. The fourth-order valence-corrected chi connectivity index (χ4v) is 0.798. The maximum atomic E-state index is 12.8. The van der Waals surface area contributed by atoms with E-state index in [1.54, 1.807) is 0 Å². The molecule has 0 fully saturated rings. The van der Waals surface area contributed by atoms with Crippen LogP contribution in [0.2, 0.25) is 0 Å². The smallest absolute Gasteiger partial charge is 0.410 e. The molecule has 1 N–H and O–H groups in total. The van der Waals surface area contributed by atoms with Crippen LogP contribution in [-0.2, 0) is 0 Å². The number of nitrogens with zero attached hydrogens (tertiary/aromatic N) is 2. The van der Waals surface area contributed by atoms with E-state index >= 15 is 0 Å². The van der Waals surface area contributed by atoms with Crippen molar-refractivity contribution in [3.63, 3.8) is 0 Å². The van der Waals surface area contributed by atoms with Gasteiger partial charge in [0.05, 0.1) is 0 Å². The van der Waals surface area contributed by atoms with Gasteiger partial charge in [-0.15, -0.1) is 0 Å². The average Bonchev–Trinajstić information content (AvgIpc) is 2.07. The molecule has 1 rings (SSSR count). The van der Waals surface area contributed by atoms with E-state index in [1.807, 2.05) is 5.16 Å². The molecule has 0 aromatic carbocycles. The Bertz CT molecular complexity index is 361. The van der Waals surface area contributed by atoms with E-state index in [-0.39, 0.29) is 0 Å². The molecule has 1 heterocycles. The summed E-state index contributed by atoms with van der Waals surface area (Å²) in [5, 5.41) is 10.1. The molecule has 14 heavy (non-hydrogen) atoms. The fourth-order valence-electron chi connectivity index (χ4n) is 0.798. The van der Waals surface area contributed by atoms with E-state index in [2.05, 4.69) is 4.98 Å². The van der Waals surface area contributed by atoms with Crippen molar-refractivity contribution in [3.8, 4) is 0 Å². The Hall–Kier alpha value is -1.66. The number of oxime groups is 1. The Kier molecular flexibility index (Phi) is 2.68. The van der Waals surface area contributed by atoms with E-state index in [1.165, 1.54) is 0 Å². The average molecular weight is 208 g/mol. The van der Waals surface area contributed by atoms with Gasteiger partial charge in [-0.1, -0.05) is 5.16 Å². The molecular formula is C7H4F4N2O. The van der Waals surface area contributed by atoms with Crippen molar-refractivity contribution in [2.45, 2.75) is 6.18 Å². The number of hydrogen-bond acceptors (Lipinski definition) is 3. The summed E-state index contributed by atoms with van der Waals surface area (Å²) in [6.45, 7) is 0. The summed E-state index contributed by atoms with van der Waals surface area (Å²) in [5.41, 5.74) is -2.78. The first-order valence-electron chi connectivity index (χ1n) is 3.37. The van der Waals surface area contributed by atoms with Gasteiger partial charge in [0.1, 0.15) is 5.69 Å². The molecule has 0 spiro atoms. The molecule has 0 bridgehead atoms. The second-order valence-electron chi connectivity index (χ2n) is 2.28. The van der Waals surface area contributed by atoms with Crippen LogP contribution in [0, 0.1) is 5.82 Å². The van der Waals surface area contributed by atoms with Crippen molar-refractivity contribution in [1.82, 2.24) is 4.98 Å². The van der Waals surface area contributed by atoms with Crippen LogP contribution in [0.4, 0.5) is 17.6 Å². The minimum absolute atomic E-state index is 0.791. The van der Waals surface area contributed by atoms with E-state index in [0.717, 1.165) is 18.3 Å². The first-order valence-corrected chi connectivity index (χ1v) is 3.37. The zero-order valence-corrected chi connectivity index (χ0v) is 6.59. The third-order valence-electron chi connectivity index (χ3n) is 1.35. The third kappa shape index (κ3) is 1.98. The van der Waals surface area contributed by atoms with Crippen LogP contribution in [0.5, 0.6) is 0 Å². The van der Waals surface area contributed by atoms with E-state index in [0.29, 0.717) is 0 Å². The Morgan fingerprint density at radius 2 is 2.07 bits per heavy atom. The summed E-state index contributed by atoms with van der Waals surface area (Å²) in [6, 6.07) is 1.92. The van der Waals surface area contributed by atoms with Gasteiger partial charge < -0.3 is 5.21 Å². The van der Waals surface area contributed by atoms with Crippen molar-refractivity contribution < 1.29 is 22.8 Å². The summed E-state index contributed by atoms with van der Waals surface area (Å²) >= 11 is 0. The van der Waals surface area contributed by atoms with Gasteiger partial charge in [-0.2, -0.15) is 13.2 Å². The predicted molar refractivity (Wildman–Crippen MR) is 38.6 cm³/mol. The number of alkyl halides is 3. The van der Waals surface area contributed by atoms with Gasteiger partial charge >= 0.3 is 6.18 Å². The summed E-state index contributed by atoms with van der Waals surface area (Å²) in [5.74, 6) is -1.20. The number of hydrogen-bond donors (Lipinski definition) is 1. The molecule has 1 aromatic heterocycles. The SMILES string of the molecule is O/N=C(/c1ncccc1F)C(F)(F)F. The quantitative estimate of drug-likeness (QED) is 0.332. The third-order valence-corrected chi connectivity index (χ3v) is 1.35. The summed E-state index contributed by atoms with van der Waals surface area (Å²) < 4.78 is 49.1. The number of pyridine rings is 1. The Balaban J connectivity index is 3.23. The molecule has 76 valence electrons. The highest BCUT2D eigenvalue weighted by atomic mass is 19.4. The predicted octanol–water partition coefficient (Wildman–Crippen LogP) is 1.96. The zero-order chi connectivity index (χ0) is 10.8. The Morgan fingerprint density at radius 1 is 1.43 bits per heavy atom. The standard InChI is InChI=1S/C7H4F4N2O/c8-4-2-1-3-12-5(4)6(13-14)7(9,10)11/h1-3,14H/b13-6-. The Morgan fingerprint density at radius 3 is 2.50 bits per heavy atom. The fraction of sp³-hybridized carbons (Fsp3) is 0.143. The number of aromatic nitrogens is 1. The molecule has 0 saturated carbocycles. The minimum Gasteiger partial charge on any atom is -0.410 e. The molecular weight excluding hydrogens is 204 g/mol. The highest BCUT2D eigenvalue weighted by Gasteiger charge is 2.40. The van der Waals surface area contributed by atoms with Gasteiger partial charge in [-0.3, -0.25) is 4.98 Å².